The summed E-state index contributed by atoms with van der Waals surface area (Å²) in [7, 11) is 0. The topological polar surface area (TPSA) is 123 Å². The molecule has 11 atom stereocenters. The third-order valence-electron chi connectivity index (χ3n) is 20.8. The molecule has 644 valence electrons. The average molecular weight is 1520 g/mol. The predicted octanol–water partition coefficient (Wildman–Crippen LogP) is 17.4. The maximum atomic E-state index is 10.3. The van der Waals surface area contributed by atoms with Gasteiger partial charge in [-0.1, -0.05) is 103 Å². The van der Waals surface area contributed by atoms with Gasteiger partial charge in [0, 0.05) is 184 Å². The van der Waals surface area contributed by atoms with E-state index in [9.17, 15) is 9.59 Å². The second-order valence-electron chi connectivity index (χ2n) is 42.0. The summed E-state index contributed by atoms with van der Waals surface area (Å²) < 4.78 is 0. The van der Waals surface area contributed by atoms with Crippen molar-refractivity contribution in [3.05, 3.63) is 0 Å². The summed E-state index contributed by atoms with van der Waals surface area (Å²) in [4.78, 5) is 44.4. The lowest BCUT2D eigenvalue weighted by atomic mass is 9.88. The lowest BCUT2D eigenvalue weighted by Gasteiger charge is -2.58. The third kappa shape index (κ3) is 46.6. The fourth-order valence-electron chi connectivity index (χ4n) is 16.3. The number of nitrogens with one attached hydrogen (secondary N) is 5. The van der Waals surface area contributed by atoms with E-state index in [1.54, 1.807) is 0 Å². The van der Waals surface area contributed by atoms with E-state index in [1.807, 2.05) is 0 Å². The lowest BCUT2D eigenvalue weighted by molar-refractivity contribution is -0.130. The number of hydrogen-bond acceptors (Lipinski definition) is 14. The molecule has 11 unspecified atom stereocenters. The van der Waals surface area contributed by atoms with E-state index in [0.29, 0.717) is 82.6 Å². The van der Waals surface area contributed by atoms with Gasteiger partial charge < -0.3 is 26.6 Å². The fraction of sp³-hybridized carbons (Fsp3) is 0.978. The molecule has 10 aliphatic rings. The Bertz CT molecular complexity index is 2080. The first kappa shape index (κ1) is 110. The van der Waals surface area contributed by atoms with Gasteiger partial charge in [0.25, 0.3) is 0 Å². The monoisotopic (exact) mass is 1520 g/mol. The Hall–Kier alpha value is -1.54. The van der Waals surface area contributed by atoms with Crippen LogP contribution in [0.1, 0.15) is 337 Å². The van der Waals surface area contributed by atoms with Crippen LogP contribution in [0.4, 0.5) is 0 Å². The SMILES string of the molecule is C1CNCCNC1.CC(C)(C)N1CC2CCC1CNC2.CC(C)C.CC(C)C.CC(C)C.CC(C)C.CC(C)N1C(C)C(C)N(C(C)(C)C)C(C)C1C.CC(C)N1C(C)CN(C(C)(C)C)CC1C.CC(C)N1CC2CC1CN2C(C)(C)C.CC(C)N1CCN(C(C)(C)C)CC1C.CCC.O=C1CNC(=O)CN1. The number of carbonyl (C=O) groups excluding carboxylic acids is 2. The Morgan fingerprint density at radius 1 is 0.364 bits per heavy atom. The standard InChI is InChI=1S/C15H32N2.C13H28N2.C12H24N2.C12H26N2.C11H22N2.C5H12N2.C4H6N2O2.4C4H10.C3H8/c1-10(2)16-11(3)13(5)17(15(7,8)9)14(6)12(16)4;1-10(2)15-11(3)8-14(9-12(15)4)13(5,6)7;1-9(2)13-7-11-6-10(13)8-14(11)12(3,4)5;1-10(2)14-8-7-13(9-11(14)3)12(4,5)6;1-11(2,3)13-8-9-4-5-10(13)7-12-6-9;1-2-6-4-5-7-3-1;7-3-1-5-4(8)2-6-3;4*1-4(2)3;1-3-2/h10-14H,1-9H3;10-12H,8-9H2,1-7H3;9-11H,6-8H2,1-5H3;10-11H,7-9H2,1-6H3;9-10,12H,4-8H2,1-3H3;6-7H,1-5H2;1-2H2,(H,5,8)(H,6,7);4*4H,1-3H3;3H2,1-2H3. The fourth-order valence-corrected chi connectivity index (χ4v) is 16.3. The van der Waals surface area contributed by atoms with Gasteiger partial charge in [-0.15, -0.1) is 0 Å². The van der Waals surface area contributed by atoms with Crippen molar-refractivity contribution >= 4 is 11.8 Å². The predicted molar refractivity (Wildman–Crippen MR) is 477 cm³/mol. The van der Waals surface area contributed by atoms with Crippen LogP contribution in [0.2, 0.25) is 0 Å². The molecule has 10 aliphatic heterocycles. The Labute approximate surface area is 672 Å². The molecule has 0 aromatic carbocycles. The summed E-state index contributed by atoms with van der Waals surface area (Å²) in [6.45, 7) is 118. The van der Waals surface area contributed by atoms with E-state index in [4.69, 9.17) is 0 Å². The molecule has 0 radical (unpaired) electrons. The normalized spacial score (nSPS) is 27.4. The molecule has 10 fully saturated rings. The molecule has 16 nitrogen and oxygen atoms in total. The van der Waals surface area contributed by atoms with Crippen LogP contribution in [0.3, 0.4) is 0 Å². The van der Waals surface area contributed by atoms with Gasteiger partial charge in [0.2, 0.25) is 11.8 Å². The minimum atomic E-state index is -0.121. The first-order chi connectivity index (χ1) is 48.7. The molecule has 0 saturated carbocycles. The minimum Gasteiger partial charge on any atom is -0.346 e. The van der Waals surface area contributed by atoms with Gasteiger partial charge in [0.1, 0.15) is 0 Å². The summed E-state index contributed by atoms with van der Waals surface area (Å²) in [6.07, 6.45) is 6.76. The van der Waals surface area contributed by atoms with E-state index >= 15 is 0 Å². The van der Waals surface area contributed by atoms with Crippen LogP contribution < -0.4 is 26.6 Å². The number of hydrogen-bond donors (Lipinski definition) is 5. The van der Waals surface area contributed by atoms with Crippen LogP contribution in [-0.4, -0.2) is 273 Å². The smallest absolute Gasteiger partial charge is 0.239 e. The highest BCUT2D eigenvalue weighted by molar-refractivity contribution is 5.92. The largest absolute Gasteiger partial charge is 0.346 e. The molecule has 10 rings (SSSR count). The van der Waals surface area contributed by atoms with Crippen molar-refractivity contribution in [2.45, 2.75) is 449 Å². The number of amides is 2. The first-order valence-electron chi connectivity index (χ1n) is 44.3. The average Bonchev–Trinajstić information content (AvgIpc) is 1.62. The summed E-state index contributed by atoms with van der Waals surface area (Å²) in [5.41, 5.74) is 1.62. The molecule has 107 heavy (non-hydrogen) atoms. The third-order valence-corrected chi connectivity index (χ3v) is 20.8. The molecule has 0 aromatic rings. The Balaban J connectivity index is -0.00000114. The molecule has 16 heteroatoms. The van der Waals surface area contributed by atoms with Gasteiger partial charge in [-0.05, 0) is 283 Å². The molecule has 10 heterocycles. The summed E-state index contributed by atoms with van der Waals surface area (Å²) in [5.74, 6) is 3.99. The van der Waals surface area contributed by atoms with Crippen molar-refractivity contribution in [2.75, 3.05) is 105 Å². The zero-order valence-electron chi connectivity index (χ0n) is 80.7. The van der Waals surface area contributed by atoms with Crippen LogP contribution in [0.15, 0.2) is 0 Å². The number of nitrogens with zero attached hydrogens (tertiary/aromatic N) is 9. The van der Waals surface area contributed by atoms with Crippen molar-refractivity contribution in [3.8, 4) is 0 Å². The molecular weight excluding hydrogens is 1320 g/mol. The van der Waals surface area contributed by atoms with Crippen molar-refractivity contribution < 1.29 is 9.59 Å². The maximum absolute atomic E-state index is 10.3. The molecule has 0 spiro atoms. The molecule has 0 aromatic heterocycles. The van der Waals surface area contributed by atoms with Gasteiger partial charge in [0.15, 0.2) is 0 Å². The van der Waals surface area contributed by atoms with Crippen LogP contribution in [0.25, 0.3) is 0 Å². The minimum absolute atomic E-state index is 0.121. The lowest BCUT2D eigenvalue weighted by Crippen LogP contribution is -2.70. The van der Waals surface area contributed by atoms with E-state index in [-0.39, 0.29) is 30.4 Å². The number of carbonyl (C=O) groups is 2. The highest BCUT2D eigenvalue weighted by atomic mass is 16.2. The summed E-state index contributed by atoms with van der Waals surface area (Å²) in [6, 6.07) is 9.68. The van der Waals surface area contributed by atoms with Crippen LogP contribution in [0, 0.1) is 29.6 Å². The van der Waals surface area contributed by atoms with Crippen LogP contribution in [-0.2, 0) is 9.59 Å². The highest BCUT2D eigenvalue weighted by Crippen LogP contribution is 2.37. The van der Waals surface area contributed by atoms with Crippen LogP contribution in [0.5, 0.6) is 0 Å². The Kier molecular flexibility index (Phi) is 54.9. The zero-order valence-corrected chi connectivity index (χ0v) is 80.7. The highest BCUT2D eigenvalue weighted by Gasteiger charge is 2.48. The maximum Gasteiger partial charge on any atom is 0.239 e. The second kappa shape index (κ2) is 53.6. The van der Waals surface area contributed by atoms with Crippen molar-refractivity contribution in [1.82, 2.24) is 70.7 Å². The molecule has 2 amide bonds. The van der Waals surface area contributed by atoms with Crippen molar-refractivity contribution in [1.29, 1.82) is 0 Å². The van der Waals surface area contributed by atoms with E-state index in [1.165, 1.54) is 111 Å². The van der Waals surface area contributed by atoms with Crippen molar-refractivity contribution in [3.63, 3.8) is 0 Å². The molecular formula is C91H198N14O2. The van der Waals surface area contributed by atoms with Gasteiger partial charge >= 0.3 is 0 Å². The Morgan fingerprint density at radius 2 is 0.738 bits per heavy atom. The van der Waals surface area contributed by atoms with Gasteiger partial charge in [0.05, 0.1) is 13.1 Å². The number of piperazine rings is 5. The van der Waals surface area contributed by atoms with Gasteiger partial charge in [-0.2, -0.15) is 0 Å². The van der Waals surface area contributed by atoms with Crippen molar-refractivity contribution in [2.24, 2.45) is 29.6 Å². The second-order valence-corrected chi connectivity index (χ2v) is 42.0. The summed E-state index contributed by atoms with van der Waals surface area (Å²) >= 11 is 0. The number of piperidine rings is 1. The quantitative estimate of drug-likeness (QED) is 0.183. The zero-order chi connectivity index (χ0) is 84.2. The van der Waals surface area contributed by atoms with Crippen LogP contribution >= 0.6 is 0 Å². The summed E-state index contributed by atoms with van der Waals surface area (Å²) in [5, 5.41) is 14.9. The van der Waals surface area contributed by atoms with E-state index in [0.717, 1.165) is 66.8 Å². The van der Waals surface area contributed by atoms with E-state index in [2.05, 4.69) is 375 Å². The number of likely N-dealkylation sites (tertiary alicyclic amines) is 2. The Morgan fingerprint density at radius 3 is 1.05 bits per heavy atom. The molecule has 5 N–H and O–H groups in total. The van der Waals surface area contributed by atoms with Gasteiger partial charge in [-0.25, -0.2) is 0 Å². The van der Waals surface area contributed by atoms with E-state index < -0.39 is 0 Å². The number of rotatable bonds is 4. The molecule has 10 saturated heterocycles. The molecule has 4 bridgehead atoms. The van der Waals surface area contributed by atoms with Gasteiger partial charge in [-0.3, -0.25) is 53.7 Å². The number of fused-ring (bicyclic) bond motifs is 6. The first-order valence-corrected chi connectivity index (χ1v) is 44.3. The molecule has 0 aliphatic carbocycles.